The minimum absolute atomic E-state index is 0.184. The molecule has 4 heterocycles. The SMILES string of the molecule is Cn1cc(-c2nc(N3CCOCC3)c3[nH]c(C(=O)NC4CCCCC4)nc3n2)cn1. The monoisotopic (exact) mass is 410 g/mol. The summed E-state index contributed by atoms with van der Waals surface area (Å²) >= 11 is 0. The Kier molecular flexibility index (Phi) is 5.07. The van der Waals surface area contributed by atoms with E-state index in [1.807, 2.05) is 13.2 Å². The number of aromatic amines is 1. The third-order valence-corrected chi connectivity index (χ3v) is 5.76. The Hall–Kier alpha value is -3.01. The maximum Gasteiger partial charge on any atom is 0.287 e. The average molecular weight is 410 g/mol. The van der Waals surface area contributed by atoms with Gasteiger partial charge in [-0.2, -0.15) is 5.10 Å². The lowest BCUT2D eigenvalue weighted by Crippen LogP contribution is -2.37. The fraction of sp³-hybridized carbons (Fsp3) is 0.550. The number of hydrogen-bond acceptors (Lipinski definition) is 7. The van der Waals surface area contributed by atoms with Crippen LogP contribution in [0.2, 0.25) is 0 Å². The summed E-state index contributed by atoms with van der Waals surface area (Å²) in [6, 6.07) is 0.218. The minimum Gasteiger partial charge on any atom is -0.378 e. The van der Waals surface area contributed by atoms with Gasteiger partial charge in [0, 0.05) is 32.4 Å². The second-order valence-corrected chi connectivity index (χ2v) is 7.97. The Morgan fingerprint density at radius 3 is 2.70 bits per heavy atom. The summed E-state index contributed by atoms with van der Waals surface area (Å²) in [5.74, 6) is 1.38. The summed E-state index contributed by atoms with van der Waals surface area (Å²) in [5, 5.41) is 7.34. The van der Waals surface area contributed by atoms with Crippen LogP contribution in [0.15, 0.2) is 12.4 Å². The predicted octanol–water partition coefficient (Wildman–Crippen LogP) is 1.65. The molecule has 0 radical (unpaired) electrons. The van der Waals surface area contributed by atoms with Gasteiger partial charge in [0.15, 0.2) is 23.1 Å². The number of carbonyl (C=O) groups is 1. The third kappa shape index (κ3) is 3.74. The second-order valence-electron chi connectivity index (χ2n) is 7.97. The first-order chi connectivity index (χ1) is 14.7. The molecule has 0 unspecified atom stereocenters. The molecule has 10 nitrogen and oxygen atoms in total. The van der Waals surface area contributed by atoms with Crippen molar-refractivity contribution in [3.63, 3.8) is 0 Å². The van der Waals surface area contributed by atoms with Crippen LogP contribution >= 0.6 is 0 Å². The number of fused-ring (bicyclic) bond motifs is 1. The van der Waals surface area contributed by atoms with Crippen molar-refractivity contribution < 1.29 is 9.53 Å². The lowest BCUT2D eigenvalue weighted by Gasteiger charge is -2.28. The quantitative estimate of drug-likeness (QED) is 0.672. The number of nitrogens with zero attached hydrogens (tertiary/aromatic N) is 6. The van der Waals surface area contributed by atoms with Crippen molar-refractivity contribution in [1.29, 1.82) is 0 Å². The number of hydrogen-bond donors (Lipinski definition) is 2. The molecular weight excluding hydrogens is 384 g/mol. The zero-order valence-corrected chi connectivity index (χ0v) is 17.1. The molecule has 0 aromatic carbocycles. The summed E-state index contributed by atoms with van der Waals surface area (Å²) in [6.07, 6.45) is 9.21. The van der Waals surface area contributed by atoms with E-state index in [1.165, 1.54) is 6.42 Å². The number of nitrogens with one attached hydrogen (secondary N) is 2. The van der Waals surface area contributed by atoms with Crippen LogP contribution in [-0.4, -0.2) is 68.0 Å². The van der Waals surface area contributed by atoms with Gasteiger partial charge in [-0.15, -0.1) is 0 Å². The number of H-pyrrole nitrogens is 1. The van der Waals surface area contributed by atoms with Gasteiger partial charge in [0.1, 0.15) is 5.52 Å². The van der Waals surface area contributed by atoms with Gasteiger partial charge in [0.05, 0.1) is 25.0 Å². The molecule has 5 rings (SSSR count). The van der Waals surface area contributed by atoms with Gasteiger partial charge in [-0.05, 0) is 12.8 Å². The van der Waals surface area contributed by atoms with Crippen molar-refractivity contribution in [2.45, 2.75) is 38.1 Å². The van der Waals surface area contributed by atoms with Crippen LogP contribution in [-0.2, 0) is 11.8 Å². The van der Waals surface area contributed by atoms with Crippen molar-refractivity contribution in [3.8, 4) is 11.4 Å². The fourth-order valence-electron chi connectivity index (χ4n) is 4.16. The molecule has 0 bridgehead atoms. The first kappa shape index (κ1) is 19.0. The molecule has 2 N–H and O–H groups in total. The minimum atomic E-state index is -0.184. The summed E-state index contributed by atoms with van der Waals surface area (Å²) in [5.41, 5.74) is 1.97. The van der Waals surface area contributed by atoms with Gasteiger partial charge in [0.25, 0.3) is 5.91 Å². The van der Waals surface area contributed by atoms with Crippen LogP contribution in [0.4, 0.5) is 5.82 Å². The van der Waals surface area contributed by atoms with Gasteiger partial charge in [-0.25, -0.2) is 15.0 Å². The second kappa shape index (κ2) is 8.02. The largest absolute Gasteiger partial charge is 0.378 e. The fourth-order valence-corrected chi connectivity index (χ4v) is 4.16. The average Bonchev–Trinajstić information content (AvgIpc) is 3.40. The smallest absolute Gasteiger partial charge is 0.287 e. The maximum absolute atomic E-state index is 12.8. The summed E-state index contributed by atoms with van der Waals surface area (Å²) in [6.45, 7) is 2.72. The highest BCUT2D eigenvalue weighted by Crippen LogP contribution is 2.27. The molecular formula is C20H26N8O2. The van der Waals surface area contributed by atoms with Crippen LogP contribution in [0, 0.1) is 0 Å². The number of carbonyl (C=O) groups excluding carboxylic acids is 1. The van der Waals surface area contributed by atoms with Gasteiger partial charge >= 0.3 is 0 Å². The molecule has 3 aromatic rings. The van der Waals surface area contributed by atoms with Crippen molar-refractivity contribution >= 4 is 22.9 Å². The molecule has 1 amide bonds. The Morgan fingerprint density at radius 2 is 1.97 bits per heavy atom. The van der Waals surface area contributed by atoms with E-state index in [9.17, 15) is 4.79 Å². The predicted molar refractivity (Wildman–Crippen MR) is 111 cm³/mol. The first-order valence-electron chi connectivity index (χ1n) is 10.6. The molecule has 3 aromatic heterocycles. The molecule has 1 aliphatic heterocycles. The number of morpholine rings is 1. The van der Waals surface area contributed by atoms with E-state index < -0.39 is 0 Å². The van der Waals surface area contributed by atoms with Crippen LogP contribution in [0.1, 0.15) is 42.7 Å². The zero-order valence-electron chi connectivity index (χ0n) is 17.1. The van der Waals surface area contributed by atoms with E-state index in [4.69, 9.17) is 9.72 Å². The number of rotatable bonds is 4. The Bertz CT molecular complexity index is 1050. The Balaban J connectivity index is 1.52. The van der Waals surface area contributed by atoms with Crippen LogP contribution in [0.3, 0.4) is 0 Å². The van der Waals surface area contributed by atoms with E-state index in [2.05, 4.69) is 30.3 Å². The molecule has 2 aliphatic rings. The topological polar surface area (TPSA) is 114 Å². The van der Waals surface area contributed by atoms with E-state index in [1.54, 1.807) is 10.9 Å². The number of anilines is 1. The summed E-state index contributed by atoms with van der Waals surface area (Å²) in [7, 11) is 1.85. The third-order valence-electron chi connectivity index (χ3n) is 5.76. The van der Waals surface area contributed by atoms with Gasteiger partial charge in [-0.3, -0.25) is 9.48 Å². The highest BCUT2D eigenvalue weighted by molar-refractivity contribution is 5.96. The van der Waals surface area contributed by atoms with Gasteiger partial charge in [0.2, 0.25) is 0 Å². The van der Waals surface area contributed by atoms with E-state index in [0.29, 0.717) is 30.2 Å². The van der Waals surface area contributed by atoms with Crippen molar-refractivity contribution in [2.24, 2.45) is 7.05 Å². The van der Waals surface area contributed by atoms with Crippen LogP contribution in [0.5, 0.6) is 0 Å². The van der Waals surface area contributed by atoms with Gasteiger partial charge < -0.3 is 19.9 Å². The number of ether oxygens (including phenoxy) is 1. The van der Waals surface area contributed by atoms with E-state index >= 15 is 0 Å². The van der Waals surface area contributed by atoms with Gasteiger partial charge in [-0.1, -0.05) is 19.3 Å². The zero-order chi connectivity index (χ0) is 20.5. The maximum atomic E-state index is 12.8. The first-order valence-corrected chi connectivity index (χ1v) is 10.6. The molecule has 0 spiro atoms. The number of aryl methyl sites for hydroxylation is 1. The normalized spacial score (nSPS) is 18.1. The molecule has 10 heteroatoms. The lowest BCUT2D eigenvalue weighted by molar-refractivity contribution is 0.0918. The number of amides is 1. The van der Waals surface area contributed by atoms with Crippen LogP contribution < -0.4 is 10.2 Å². The highest BCUT2D eigenvalue weighted by atomic mass is 16.5. The lowest BCUT2D eigenvalue weighted by atomic mass is 9.95. The molecule has 1 saturated heterocycles. The molecule has 1 saturated carbocycles. The molecule has 30 heavy (non-hydrogen) atoms. The molecule has 0 atom stereocenters. The molecule has 158 valence electrons. The summed E-state index contributed by atoms with van der Waals surface area (Å²) in [4.78, 5) is 32.1. The van der Waals surface area contributed by atoms with E-state index in [-0.39, 0.29) is 17.8 Å². The van der Waals surface area contributed by atoms with Crippen LogP contribution in [0.25, 0.3) is 22.6 Å². The van der Waals surface area contributed by atoms with E-state index in [0.717, 1.165) is 50.2 Å². The standard InChI is InChI=1S/C20H26N8O2/c1-27-12-13(11-21-27)16-24-17-15(19(26-16)28-7-9-30-10-8-28)23-18(25-17)20(29)22-14-5-3-2-4-6-14/h11-12,14H,2-10H2,1H3,(H,22,29)(H,23,24,25,26). The summed E-state index contributed by atoms with van der Waals surface area (Å²) < 4.78 is 7.20. The number of aromatic nitrogens is 6. The number of imidazole rings is 1. The highest BCUT2D eigenvalue weighted by Gasteiger charge is 2.24. The van der Waals surface area contributed by atoms with Crippen molar-refractivity contribution in [3.05, 3.63) is 18.2 Å². The Labute approximate surface area is 174 Å². The van der Waals surface area contributed by atoms with Crippen molar-refractivity contribution in [2.75, 3.05) is 31.2 Å². The molecule has 2 fully saturated rings. The Morgan fingerprint density at radius 1 is 1.17 bits per heavy atom. The van der Waals surface area contributed by atoms with Crippen molar-refractivity contribution in [1.82, 2.24) is 35.0 Å². The molecule has 1 aliphatic carbocycles.